The van der Waals surface area contributed by atoms with Crippen LogP contribution in [-0.4, -0.2) is 33.9 Å². The molecule has 122 valence electrons. The van der Waals surface area contributed by atoms with E-state index in [0.717, 1.165) is 49.1 Å². The van der Waals surface area contributed by atoms with Gasteiger partial charge >= 0.3 is 0 Å². The van der Waals surface area contributed by atoms with Gasteiger partial charge < -0.3 is 4.90 Å². The third-order valence-electron chi connectivity index (χ3n) is 4.79. The second-order valence-electron chi connectivity index (χ2n) is 6.35. The molecule has 0 bridgehead atoms. The van der Waals surface area contributed by atoms with E-state index in [4.69, 9.17) is 11.6 Å². The monoisotopic (exact) mass is 331 g/mol. The van der Waals surface area contributed by atoms with Gasteiger partial charge in [-0.05, 0) is 37.5 Å². The number of aromatic nitrogens is 2. The van der Waals surface area contributed by atoms with E-state index in [-0.39, 0.29) is 11.8 Å². The summed E-state index contributed by atoms with van der Waals surface area (Å²) in [5, 5.41) is 1.59. The van der Waals surface area contributed by atoms with Crippen LogP contribution in [0.2, 0.25) is 5.02 Å². The van der Waals surface area contributed by atoms with Crippen LogP contribution in [0.15, 0.2) is 24.4 Å². The number of hydrogen-bond donors (Lipinski definition) is 0. The van der Waals surface area contributed by atoms with Crippen molar-refractivity contribution in [3.05, 3.63) is 35.1 Å². The molecule has 1 unspecified atom stereocenters. The molecule has 1 aliphatic heterocycles. The number of halogens is 1. The molecule has 0 aromatic carbocycles. The van der Waals surface area contributed by atoms with Crippen LogP contribution < -0.4 is 0 Å². The van der Waals surface area contributed by atoms with Gasteiger partial charge in [0.2, 0.25) is 5.91 Å². The highest BCUT2D eigenvalue weighted by Gasteiger charge is 2.26. The molecule has 1 saturated heterocycles. The summed E-state index contributed by atoms with van der Waals surface area (Å²) in [4.78, 5) is 23.3. The zero-order valence-corrected chi connectivity index (χ0v) is 14.4. The predicted molar refractivity (Wildman–Crippen MR) is 92.6 cm³/mol. The van der Waals surface area contributed by atoms with Crippen molar-refractivity contribution in [2.45, 2.75) is 39.0 Å². The van der Waals surface area contributed by atoms with E-state index in [9.17, 15) is 4.79 Å². The lowest BCUT2D eigenvalue weighted by atomic mass is 9.92. The minimum Gasteiger partial charge on any atom is -0.342 e. The van der Waals surface area contributed by atoms with E-state index in [1.807, 2.05) is 24.0 Å². The van der Waals surface area contributed by atoms with Crippen LogP contribution in [0.1, 0.15) is 44.7 Å². The third-order valence-corrected chi connectivity index (χ3v) is 5.00. The molecule has 3 heterocycles. The van der Waals surface area contributed by atoms with Gasteiger partial charge in [0.15, 0.2) is 5.65 Å². The van der Waals surface area contributed by atoms with Crippen LogP contribution in [0.4, 0.5) is 0 Å². The minimum absolute atomic E-state index is 0.124. The molecule has 1 atom stereocenters. The Hall–Kier alpha value is -1.68. The van der Waals surface area contributed by atoms with Crippen molar-refractivity contribution >= 4 is 28.5 Å². The Kier molecular flexibility index (Phi) is 4.81. The van der Waals surface area contributed by atoms with E-state index in [1.54, 1.807) is 6.20 Å². The van der Waals surface area contributed by atoms with E-state index in [0.29, 0.717) is 10.9 Å². The number of rotatable bonds is 3. The predicted octanol–water partition coefficient (Wildman–Crippen LogP) is 4.04. The first-order chi connectivity index (χ1) is 11.1. The van der Waals surface area contributed by atoms with Crippen molar-refractivity contribution < 1.29 is 4.79 Å². The molecule has 1 aliphatic rings. The summed E-state index contributed by atoms with van der Waals surface area (Å²) in [7, 11) is 0. The summed E-state index contributed by atoms with van der Waals surface area (Å²) in [6, 6.07) is 5.98. The number of hydrogen-bond acceptors (Lipinski definition) is 3. The summed E-state index contributed by atoms with van der Waals surface area (Å²) in [5.41, 5.74) is 1.81. The average molecular weight is 332 g/mol. The van der Waals surface area contributed by atoms with Crippen LogP contribution in [-0.2, 0) is 4.79 Å². The lowest BCUT2D eigenvalue weighted by Crippen LogP contribution is -2.40. The topological polar surface area (TPSA) is 46.1 Å². The maximum absolute atomic E-state index is 12.3. The second kappa shape index (κ2) is 6.83. The summed E-state index contributed by atoms with van der Waals surface area (Å²) in [6.07, 6.45) is 4.47. The molecular formula is C18H22ClN3O. The van der Waals surface area contributed by atoms with Crippen LogP contribution in [0.3, 0.4) is 0 Å². The molecule has 2 aromatic heterocycles. The Morgan fingerprint density at radius 2 is 2.13 bits per heavy atom. The summed E-state index contributed by atoms with van der Waals surface area (Å²) in [6.45, 7) is 5.72. The first kappa shape index (κ1) is 16.2. The normalized spacial score (nSPS) is 17.4. The Balaban J connectivity index is 1.70. The molecule has 0 spiro atoms. The van der Waals surface area contributed by atoms with Gasteiger partial charge in [0.05, 0.1) is 5.02 Å². The molecule has 23 heavy (non-hydrogen) atoms. The van der Waals surface area contributed by atoms with Crippen LogP contribution >= 0.6 is 11.6 Å². The first-order valence-corrected chi connectivity index (χ1v) is 8.67. The fraction of sp³-hybridized carbons (Fsp3) is 0.500. The number of amides is 1. The molecule has 0 saturated carbocycles. The van der Waals surface area contributed by atoms with Crippen molar-refractivity contribution in [1.82, 2.24) is 14.9 Å². The number of piperidine rings is 1. The van der Waals surface area contributed by atoms with E-state index in [1.165, 1.54) is 0 Å². The standard InChI is InChI=1S/C18H22ClN3O/c1-3-12(2)18(23)22-8-6-13(7-9-22)16-5-4-14-10-15(19)11-20-17(14)21-16/h4-5,10-13H,3,6-9H2,1-2H3. The highest BCUT2D eigenvalue weighted by molar-refractivity contribution is 6.31. The SMILES string of the molecule is CCC(C)C(=O)N1CCC(c2ccc3cc(Cl)cnc3n2)CC1. The van der Waals surface area contributed by atoms with Gasteiger partial charge in [0.1, 0.15) is 0 Å². The van der Waals surface area contributed by atoms with Crippen LogP contribution in [0.25, 0.3) is 11.0 Å². The summed E-state index contributed by atoms with van der Waals surface area (Å²) < 4.78 is 0. The number of likely N-dealkylation sites (tertiary alicyclic amines) is 1. The lowest BCUT2D eigenvalue weighted by Gasteiger charge is -2.33. The highest BCUT2D eigenvalue weighted by Crippen LogP contribution is 2.29. The zero-order chi connectivity index (χ0) is 16.4. The molecule has 1 amide bonds. The molecular weight excluding hydrogens is 310 g/mol. The highest BCUT2D eigenvalue weighted by atomic mass is 35.5. The number of fused-ring (bicyclic) bond motifs is 1. The quantitative estimate of drug-likeness (QED) is 0.852. The van der Waals surface area contributed by atoms with Gasteiger partial charge in [-0.3, -0.25) is 4.79 Å². The number of carbonyl (C=O) groups is 1. The maximum Gasteiger partial charge on any atom is 0.225 e. The third kappa shape index (κ3) is 3.47. The lowest BCUT2D eigenvalue weighted by molar-refractivity contribution is -0.136. The number of carbonyl (C=O) groups excluding carboxylic acids is 1. The Bertz CT molecular complexity index is 710. The molecule has 2 aromatic rings. The fourth-order valence-corrected chi connectivity index (χ4v) is 3.27. The van der Waals surface area contributed by atoms with Gasteiger partial charge in [-0.2, -0.15) is 0 Å². The van der Waals surface area contributed by atoms with E-state index >= 15 is 0 Å². The van der Waals surface area contributed by atoms with Gasteiger partial charge in [-0.1, -0.05) is 25.4 Å². The van der Waals surface area contributed by atoms with Gasteiger partial charge in [0, 0.05) is 42.2 Å². The Morgan fingerprint density at radius 3 is 2.83 bits per heavy atom. The number of nitrogens with zero attached hydrogens (tertiary/aromatic N) is 3. The molecule has 4 nitrogen and oxygen atoms in total. The zero-order valence-electron chi connectivity index (χ0n) is 13.6. The Labute approximate surface area is 141 Å². The molecule has 3 rings (SSSR count). The largest absolute Gasteiger partial charge is 0.342 e. The van der Waals surface area contributed by atoms with Crippen molar-refractivity contribution in [3.8, 4) is 0 Å². The number of pyridine rings is 2. The fourth-order valence-electron chi connectivity index (χ4n) is 3.11. The van der Waals surface area contributed by atoms with Gasteiger partial charge in [0.25, 0.3) is 0 Å². The molecule has 0 aliphatic carbocycles. The molecule has 0 radical (unpaired) electrons. The van der Waals surface area contributed by atoms with E-state index < -0.39 is 0 Å². The first-order valence-electron chi connectivity index (χ1n) is 8.29. The average Bonchev–Trinajstić information content (AvgIpc) is 2.60. The second-order valence-corrected chi connectivity index (χ2v) is 6.78. The molecule has 1 fully saturated rings. The maximum atomic E-state index is 12.3. The Morgan fingerprint density at radius 1 is 1.39 bits per heavy atom. The molecule has 0 N–H and O–H groups in total. The minimum atomic E-state index is 0.124. The summed E-state index contributed by atoms with van der Waals surface area (Å²) in [5.74, 6) is 0.811. The van der Waals surface area contributed by atoms with Gasteiger partial charge in [-0.25, -0.2) is 9.97 Å². The van der Waals surface area contributed by atoms with E-state index in [2.05, 4.69) is 23.0 Å². The van der Waals surface area contributed by atoms with Crippen LogP contribution in [0.5, 0.6) is 0 Å². The van der Waals surface area contributed by atoms with Crippen molar-refractivity contribution in [3.63, 3.8) is 0 Å². The van der Waals surface area contributed by atoms with Crippen molar-refractivity contribution in [2.24, 2.45) is 5.92 Å². The van der Waals surface area contributed by atoms with Crippen molar-refractivity contribution in [2.75, 3.05) is 13.1 Å². The van der Waals surface area contributed by atoms with Gasteiger partial charge in [-0.15, -0.1) is 0 Å². The smallest absolute Gasteiger partial charge is 0.225 e. The molecule has 5 heteroatoms. The van der Waals surface area contributed by atoms with Crippen LogP contribution in [0, 0.1) is 5.92 Å². The summed E-state index contributed by atoms with van der Waals surface area (Å²) >= 11 is 5.96. The van der Waals surface area contributed by atoms with Crippen molar-refractivity contribution in [1.29, 1.82) is 0 Å².